The lowest BCUT2D eigenvalue weighted by Gasteiger charge is -2.62. The van der Waals surface area contributed by atoms with E-state index in [0.717, 1.165) is 35.2 Å². The predicted octanol–water partition coefficient (Wildman–Crippen LogP) is 5.33. The molecule has 3 aromatic rings. The maximum Gasteiger partial charge on any atom is 0.253 e. The average Bonchev–Trinajstić information content (AvgIpc) is 3.56. The minimum absolute atomic E-state index is 0.0354. The summed E-state index contributed by atoms with van der Waals surface area (Å²) in [6, 6.07) is 21.1. The van der Waals surface area contributed by atoms with Gasteiger partial charge in [0.25, 0.3) is 5.91 Å². The Bertz CT molecular complexity index is 1870. The van der Waals surface area contributed by atoms with E-state index in [-0.39, 0.29) is 42.5 Å². The van der Waals surface area contributed by atoms with Gasteiger partial charge >= 0.3 is 0 Å². The SMILES string of the molecule is COc1c(CN2O[C@@H](CO)[C@@H]([C@H](C)O)[C@H]2C(=O)N[C@H]2C[C@H]3C[C@@H]([C@@H]2C)C3(C)C)cccc1-c1cc(C(=O)N(C)[C@@H](Cc2ccccc2)CN(C)C)cc(N(C)C)c1. The Balaban J connectivity index is 1.30. The van der Waals surface area contributed by atoms with Gasteiger partial charge in [-0.15, -0.1) is 0 Å². The van der Waals surface area contributed by atoms with Crippen molar-refractivity contribution >= 4 is 17.5 Å². The highest BCUT2D eigenvalue weighted by Gasteiger charge is 2.57. The third-order valence-electron chi connectivity index (χ3n) is 13.4. The molecular weight excluding hydrogens is 719 g/mol. The summed E-state index contributed by atoms with van der Waals surface area (Å²) < 4.78 is 6.14. The molecule has 2 amide bonds. The number of carbonyl (C=O) groups excluding carboxylic acids is 2. The van der Waals surface area contributed by atoms with Crippen molar-refractivity contribution in [3.05, 3.63) is 83.4 Å². The lowest BCUT2D eigenvalue weighted by Crippen LogP contribution is -2.62. The van der Waals surface area contributed by atoms with E-state index in [9.17, 15) is 19.8 Å². The molecule has 0 spiro atoms. The van der Waals surface area contributed by atoms with Crippen molar-refractivity contribution in [3.63, 3.8) is 0 Å². The van der Waals surface area contributed by atoms with Crippen LogP contribution in [0.25, 0.3) is 11.1 Å². The molecule has 3 aliphatic carbocycles. The molecule has 9 atom stereocenters. The molecule has 0 aromatic heterocycles. The van der Waals surface area contributed by atoms with E-state index < -0.39 is 24.2 Å². The van der Waals surface area contributed by atoms with E-state index in [2.05, 4.69) is 43.1 Å². The first-order chi connectivity index (χ1) is 27.0. The molecule has 0 unspecified atom stereocenters. The Labute approximate surface area is 339 Å². The number of hydrogen-bond acceptors (Lipinski definition) is 9. The molecule has 57 heavy (non-hydrogen) atoms. The molecule has 7 rings (SSSR count). The zero-order chi connectivity index (χ0) is 41.3. The molecule has 1 saturated heterocycles. The molecule has 1 heterocycles. The fourth-order valence-corrected chi connectivity index (χ4v) is 9.98. The van der Waals surface area contributed by atoms with Crippen molar-refractivity contribution in [1.29, 1.82) is 0 Å². The Hall–Kier alpha value is -4.00. The molecular formula is C46H65N5O6. The van der Waals surface area contributed by atoms with E-state index >= 15 is 0 Å². The number of aliphatic hydroxyl groups excluding tert-OH is 2. The Morgan fingerprint density at radius 2 is 1.74 bits per heavy atom. The quantitative estimate of drug-likeness (QED) is 0.188. The monoisotopic (exact) mass is 783 g/mol. The molecule has 11 nitrogen and oxygen atoms in total. The van der Waals surface area contributed by atoms with Crippen LogP contribution in [0.5, 0.6) is 5.75 Å². The standard InChI is InChI=1S/C46H65N5O6/c1-28-38-23-34(46(38,3)4)24-39(28)47-44(54)42-41(29(2)53)40(27-52)57-51(42)25-31-17-14-18-37(43(31)56-10)32-20-33(22-35(21-32)49(7)8)45(55)50(9)36(26-48(5)6)19-30-15-12-11-13-16-30/h11-18,20-22,28-29,34,36,38-42,52-53H,19,23-27H2,1-10H3,(H,47,54)/t28-,29-,34+,36-,38-,39-,40-,41+,42-/m0/s1. The number of carbonyl (C=O) groups is 2. The zero-order valence-corrected chi connectivity index (χ0v) is 35.6. The number of aliphatic hydroxyl groups is 2. The van der Waals surface area contributed by atoms with Gasteiger partial charge in [0.2, 0.25) is 5.91 Å². The Morgan fingerprint density at radius 3 is 2.33 bits per heavy atom. The van der Waals surface area contributed by atoms with Gasteiger partial charge in [-0.2, -0.15) is 5.06 Å². The molecule has 4 fully saturated rings. The van der Waals surface area contributed by atoms with Crippen LogP contribution in [0.3, 0.4) is 0 Å². The highest BCUT2D eigenvalue weighted by atomic mass is 16.7. The average molecular weight is 784 g/mol. The number of para-hydroxylation sites is 1. The summed E-state index contributed by atoms with van der Waals surface area (Å²) in [5, 5.41) is 26.4. The smallest absolute Gasteiger partial charge is 0.253 e. The molecule has 1 aliphatic heterocycles. The number of benzene rings is 3. The van der Waals surface area contributed by atoms with Gasteiger partial charge in [-0.05, 0) is 92.8 Å². The second kappa shape index (κ2) is 17.5. The summed E-state index contributed by atoms with van der Waals surface area (Å²) in [4.78, 5) is 41.0. The first kappa shape index (κ1) is 42.6. The van der Waals surface area contributed by atoms with E-state index in [1.165, 1.54) is 12.0 Å². The van der Waals surface area contributed by atoms with Gasteiger partial charge in [-0.25, -0.2) is 0 Å². The number of fused-ring (bicyclic) bond motifs is 2. The number of methoxy groups -OCH3 is 1. The maximum absolute atomic E-state index is 14.4. The highest BCUT2D eigenvalue weighted by molar-refractivity contribution is 5.97. The number of likely N-dealkylation sites (N-methyl/N-ethyl adjacent to an activating group) is 2. The highest BCUT2D eigenvalue weighted by Crippen LogP contribution is 2.61. The van der Waals surface area contributed by atoms with Gasteiger partial charge in [0.05, 0.1) is 26.4 Å². The molecule has 11 heteroatoms. The van der Waals surface area contributed by atoms with Crippen molar-refractivity contribution in [2.24, 2.45) is 29.1 Å². The topological polar surface area (TPSA) is 118 Å². The van der Waals surface area contributed by atoms with E-state index in [0.29, 0.717) is 35.6 Å². The number of hydroxylamine groups is 2. The van der Waals surface area contributed by atoms with Crippen molar-refractivity contribution in [1.82, 2.24) is 20.2 Å². The summed E-state index contributed by atoms with van der Waals surface area (Å²) in [7, 11) is 11.5. The molecule has 310 valence electrons. The van der Waals surface area contributed by atoms with Crippen molar-refractivity contribution in [2.45, 2.75) is 83.8 Å². The van der Waals surface area contributed by atoms with Crippen molar-refractivity contribution in [2.75, 3.05) is 60.4 Å². The fourth-order valence-electron chi connectivity index (χ4n) is 9.98. The van der Waals surface area contributed by atoms with Crippen molar-refractivity contribution < 1.29 is 29.4 Å². The van der Waals surface area contributed by atoms with E-state index in [4.69, 9.17) is 9.57 Å². The summed E-state index contributed by atoms with van der Waals surface area (Å²) in [5.41, 5.74) is 5.24. The van der Waals surface area contributed by atoms with Crippen LogP contribution in [-0.2, 0) is 22.6 Å². The largest absolute Gasteiger partial charge is 0.496 e. The molecule has 3 aromatic carbocycles. The van der Waals surface area contributed by atoms with Crippen LogP contribution in [0.2, 0.25) is 0 Å². The third kappa shape index (κ3) is 8.73. The van der Waals surface area contributed by atoms with Gasteiger partial charge in [-0.1, -0.05) is 69.3 Å². The number of anilines is 1. The third-order valence-corrected chi connectivity index (χ3v) is 13.4. The Morgan fingerprint density at radius 1 is 1.02 bits per heavy atom. The van der Waals surface area contributed by atoms with Crippen LogP contribution in [0.15, 0.2) is 66.7 Å². The minimum atomic E-state index is -0.903. The van der Waals surface area contributed by atoms with Crippen LogP contribution in [0.4, 0.5) is 5.69 Å². The van der Waals surface area contributed by atoms with E-state index in [1.807, 2.05) is 99.6 Å². The summed E-state index contributed by atoms with van der Waals surface area (Å²) in [5.74, 6) is 1.12. The number of hydrogen-bond donors (Lipinski definition) is 3. The number of rotatable bonds is 15. The van der Waals surface area contributed by atoms with Crippen LogP contribution < -0.4 is 15.0 Å². The van der Waals surface area contributed by atoms with Gasteiger partial charge in [0.15, 0.2) is 0 Å². The normalized spacial score (nSPS) is 26.4. The van der Waals surface area contributed by atoms with Gasteiger partial charge in [0.1, 0.15) is 17.9 Å². The Kier molecular flexibility index (Phi) is 13.1. The van der Waals surface area contributed by atoms with Gasteiger partial charge in [-0.3, -0.25) is 14.4 Å². The first-order valence-corrected chi connectivity index (χ1v) is 20.5. The van der Waals surface area contributed by atoms with Crippen LogP contribution in [0.1, 0.15) is 62.0 Å². The molecule has 4 aliphatic rings. The molecule has 3 saturated carbocycles. The number of nitrogens with zero attached hydrogens (tertiary/aromatic N) is 4. The maximum atomic E-state index is 14.4. The van der Waals surface area contributed by atoms with Crippen LogP contribution in [-0.4, -0.2) is 123 Å². The predicted molar refractivity (Wildman–Crippen MR) is 225 cm³/mol. The lowest BCUT2D eigenvalue weighted by molar-refractivity contribution is -0.183. The zero-order valence-electron chi connectivity index (χ0n) is 35.6. The molecule has 2 bridgehead atoms. The number of nitrogens with one attached hydrogen (secondary N) is 1. The number of amides is 2. The summed E-state index contributed by atoms with van der Waals surface area (Å²) in [6.07, 6.45) is 1.19. The first-order valence-electron chi connectivity index (χ1n) is 20.5. The van der Waals surface area contributed by atoms with Crippen LogP contribution in [0, 0.1) is 29.1 Å². The number of ether oxygens (including phenoxy) is 1. The second-order valence-corrected chi connectivity index (χ2v) is 17.9. The molecule has 3 N–H and O–H groups in total. The lowest BCUT2D eigenvalue weighted by atomic mass is 9.45. The van der Waals surface area contributed by atoms with Gasteiger partial charge < -0.3 is 35.0 Å². The summed E-state index contributed by atoms with van der Waals surface area (Å²) in [6.45, 7) is 9.11. The molecule has 0 radical (unpaired) electrons. The minimum Gasteiger partial charge on any atom is -0.496 e. The summed E-state index contributed by atoms with van der Waals surface area (Å²) >= 11 is 0. The van der Waals surface area contributed by atoms with E-state index in [1.54, 1.807) is 19.1 Å². The second-order valence-electron chi connectivity index (χ2n) is 17.9. The van der Waals surface area contributed by atoms with Gasteiger partial charge in [0, 0.05) is 68.1 Å². The van der Waals surface area contributed by atoms with Crippen LogP contribution >= 0.6 is 0 Å². The fraction of sp³-hybridized carbons (Fsp3) is 0.565. The van der Waals surface area contributed by atoms with Crippen molar-refractivity contribution in [3.8, 4) is 16.9 Å².